The van der Waals surface area contributed by atoms with Gasteiger partial charge in [0.2, 0.25) is 0 Å². The summed E-state index contributed by atoms with van der Waals surface area (Å²) in [5.74, 6) is 0. The number of aromatic nitrogens is 4. The summed E-state index contributed by atoms with van der Waals surface area (Å²) < 4.78 is 5.24. The van der Waals surface area contributed by atoms with Crippen molar-refractivity contribution in [2.24, 2.45) is 0 Å². The highest BCUT2D eigenvalue weighted by atomic mass is 32.1. The number of H-pyrrole nitrogens is 1. The molecular formula is C10H13N5O2S. The number of nitrogens with one attached hydrogen (secondary N) is 2. The second-order valence-corrected chi connectivity index (χ2v) is 4.47. The normalized spacial score (nSPS) is 10.5. The molecule has 0 radical (unpaired) electrons. The van der Waals surface area contributed by atoms with Crippen LogP contribution in [0.4, 0.5) is 5.00 Å². The molecule has 0 fully saturated rings. The Bertz CT molecular complexity index is 629. The SMILES string of the molecule is CCCNc1snnc1Cn1ccc(=O)[nH]c1=O. The zero-order valence-electron chi connectivity index (χ0n) is 9.84. The average molecular weight is 267 g/mol. The second kappa shape index (κ2) is 5.58. The molecule has 2 rings (SSSR count). The maximum absolute atomic E-state index is 11.5. The first-order valence-corrected chi connectivity index (χ1v) is 6.33. The highest BCUT2D eigenvalue weighted by Crippen LogP contribution is 2.17. The monoisotopic (exact) mass is 267 g/mol. The molecule has 0 unspecified atom stereocenters. The lowest BCUT2D eigenvalue weighted by Crippen LogP contribution is -2.29. The minimum absolute atomic E-state index is 0.290. The van der Waals surface area contributed by atoms with Gasteiger partial charge in [-0.1, -0.05) is 11.4 Å². The molecule has 0 spiro atoms. The number of hydrogen-bond acceptors (Lipinski definition) is 6. The zero-order valence-corrected chi connectivity index (χ0v) is 10.7. The summed E-state index contributed by atoms with van der Waals surface area (Å²) in [7, 11) is 0. The Balaban J connectivity index is 2.21. The maximum Gasteiger partial charge on any atom is 0.328 e. The highest BCUT2D eigenvalue weighted by molar-refractivity contribution is 7.10. The van der Waals surface area contributed by atoms with Crippen molar-refractivity contribution in [2.75, 3.05) is 11.9 Å². The third-order valence-corrected chi connectivity index (χ3v) is 3.03. The number of hydrogen-bond donors (Lipinski definition) is 2. The first-order valence-electron chi connectivity index (χ1n) is 5.55. The van der Waals surface area contributed by atoms with Crippen LogP contribution in [0, 0.1) is 0 Å². The van der Waals surface area contributed by atoms with Gasteiger partial charge in [-0.3, -0.25) is 14.3 Å². The van der Waals surface area contributed by atoms with E-state index in [0.29, 0.717) is 5.69 Å². The van der Waals surface area contributed by atoms with Gasteiger partial charge < -0.3 is 5.32 Å². The molecule has 0 amide bonds. The molecule has 8 heteroatoms. The van der Waals surface area contributed by atoms with E-state index in [-0.39, 0.29) is 6.54 Å². The molecule has 2 aromatic rings. The van der Waals surface area contributed by atoms with E-state index < -0.39 is 11.2 Å². The fourth-order valence-corrected chi connectivity index (χ4v) is 2.01. The number of aromatic amines is 1. The van der Waals surface area contributed by atoms with E-state index in [0.717, 1.165) is 18.0 Å². The molecule has 96 valence electrons. The van der Waals surface area contributed by atoms with Crippen LogP contribution in [0.15, 0.2) is 21.9 Å². The van der Waals surface area contributed by atoms with Gasteiger partial charge in [-0.15, -0.1) is 5.10 Å². The van der Waals surface area contributed by atoms with Crippen molar-refractivity contribution in [3.8, 4) is 0 Å². The van der Waals surface area contributed by atoms with E-state index >= 15 is 0 Å². The quantitative estimate of drug-likeness (QED) is 0.810. The Labute approximate surface area is 107 Å². The molecule has 0 aliphatic carbocycles. The molecule has 18 heavy (non-hydrogen) atoms. The summed E-state index contributed by atoms with van der Waals surface area (Å²) in [4.78, 5) is 24.7. The largest absolute Gasteiger partial charge is 0.374 e. The molecule has 0 bridgehead atoms. The van der Waals surface area contributed by atoms with Gasteiger partial charge in [0.1, 0.15) is 10.7 Å². The van der Waals surface area contributed by atoms with E-state index in [9.17, 15) is 9.59 Å². The van der Waals surface area contributed by atoms with Crippen LogP contribution in [-0.4, -0.2) is 25.7 Å². The van der Waals surface area contributed by atoms with Crippen molar-refractivity contribution in [1.29, 1.82) is 0 Å². The van der Waals surface area contributed by atoms with Crippen LogP contribution in [0.1, 0.15) is 19.0 Å². The van der Waals surface area contributed by atoms with Crippen molar-refractivity contribution >= 4 is 16.5 Å². The highest BCUT2D eigenvalue weighted by Gasteiger charge is 2.08. The Hall–Kier alpha value is -1.96. The fourth-order valence-electron chi connectivity index (χ4n) is 1.41. The van der Waals surface area contributed by atoms with Crippen LogP contribution in [0.25, 0.3) is 0 Å². The molecule has 2 heterocycles. The molecule has 0 aliphatic rings. The van der Waals surface area contributed by atoms with Crippen molar-refractivity contribution in [3.05, 3.63) is 38.8 Å². The van der Waals surface area contributed by atoms with Crippen molar-refractivity contribution < 1.29 is 0 Å². The summed E-state index contributed by atoms with van der Waals surface area (Å²) in [6, 6.07) is 1.31. The third-order valence-electron chi connectivity index (χ3n) is 2.31. The van der Waals surface area contributed by atoms with Gasteiger partial charge in [-0.2, -0.15) is 0 Å². The van der Waals surface area contributed by atoms with Gasteiger partial charge in [0.25, 0.3) is 5.56 Å². The molecule has 0 atom stereocenters. The van der Waals surface area contributed by atoms with Crippen LogP contribution in [-0.2, 0) is 6.54 Å². The maximum atomic E-state index is 11.5. The van der Waals surface area contributed by atoms with Crippen molar-refractivity contribution in [1.82, 2.24) is 19.1 Å². The topological polar surface area (TPSA) is 92.7 Å². The van der Waals surface area contributed by atoms with Gasteiger partial charge in [-0.05, 0) is 6.42 Å². The standard InChI is InChI=1S/C10H13N5O2S/c1-2-4-11-9-7(13-14-18-9)6-15-5-3-8(16)12-10(15)17/h3,5,11H,2,4,6H2,1H3,(H,12,16,17). The van der Waals surface area contributed by atoms with Crippen LogP contribution < -0.4 is 16.6 Å². The van der Waals surface area contributed by atoms with Crippen LogP contribution in [0.3, 0.4) is 0 Å². The van der Waals surface area contributed by atoms with Crippen LogP contribution >= 0.6 is 11.5 Å². The van der Waals surface area contributed by atoms with Crippen molar-refractivity contribution in [3.63, 3.8) is 0 Å². The van der Waals surface area contributed by atoms with E-state index in [2.05, 4.69) is 26.8 Å². The Kier molecular flexibility index (Phi) is 3.88. The van der Waals surface area contributed by atoms with Gasteiger partial charge in [0, 0.05) is 30.3 Å². The predicted molar refractivity (Wildman–Crippen MR) is 69.1 cm³/mol. The zero-order chi connectivity index (χ0) is 13.0. The minimum Gasteiger partial charge on any atom is -0.374 e. The van der Waals surface area contributed by atoms with Gasteiger partial charge >= 0.3 is 5.69 Å². The van der Waals surface area contributed by atoms with E-state index in [1.54, 1.807) is 0 Å². The molecule has 0 aromatic carbocycles. The fraction of sp³-hybridized carbons (Fsp3) is 0.400. The summed E-state index contributed by atoms with van der Waals surface area (Å²) in [5.41, 5.74) is -0.156. The van der Waals surface area contributed by atoms with E-state index in [1.165, 1.54) is 28.4 Å². The van der Waals surface area contributed by atoms with Crippen molar-refractivity contribution in [2.45, 2.75) is 19.9 Å². The Morgan fingerprint density at radius 3 is 3.06 bits per heavy atom. The Morgan fingerprint density at radius 2 is 2.33 bits per heavy atom. The number of nitrogens with zero attached hydrogens (tertiary/aromatic N) is 3. The summed E-state index contributed by atoms with van der Waals surface area (Å²) >= 11 is 1.26. The van der Waals surface area contributed by atoms with Gasteiger partial charge in [-0.25, -0.2) is 4.79 Å². The predicted octanol–water partition coefficient (Wildman–Crippen LogP) is 0.258. The average Bonchev–Trinajstić information content (AvgIpc) is 2.77. The van der Waals surface area contributed by atoms with E-state index in [4.69, 9.17) is 0 Å². The molecule has 0 saturated heterocycles. The number of anilines is 1. The van der Waals surface area contributed by atoms with Gasteiger partial charge in [0.05, 0.1) is 6.54 Å². The van der Waals surface area contributed by atoms with Crippen LogP contribution in [0.5, 0.6) is 0 Å². The lowest BCUT2D eigenvalue weighted by Gasteiger charge is -2.05. The molecule has 2 aromatic heterocycles. The summed E-state index contributed by atoms with van der Waals surface area (Å²) in [5, 5.41) is 8.04. The van der Waals surface area contributed by atoms with Gasteiger partial charge in [0.15, 0.2) is 0 Å². The molecular weight excluding hydrogens is 254 g/mol. The second-order valence-electron chi connectivity index (χ2n) is 3.71. The lowest BCUT2D eigenvalue weighted by atomic mass is 10.4. The first kappa shape index (κ1) is 12.5. The van der Waals surface area contributed by atoms with E-state index in [1.807, 2.05) is 0 Å². The summed E-state index contributed by atoms with van der Waals surface area (Å²) in [6.45, 7) is 3.18. The minimum atomic E-state index is -0.447. The molecule has 0 saturated carbocycles. The first-order chi connectivity index (χ1) is 8.70. The lowest BCUT2D eigenvalue weighted by molar-refractivity contribution is 0.703. The molecule has 2 N–H and O–H groups in total. The van der Waals surface area contributed by atoms with Crippen LogP contribution in [0.2, 0.25) is 0 Å². The Morgan fingerprint density at radius 1 is 1.50 bits per heavy atom. The third kappa shape index (κ3) is 2.83. The smallest absolute Gasteiger partial charge is 0.328 e. The number of rotatable bonds is 5. The molecule has 0 aliphatic heterocycles. The molecule has 7 nitrogen and oxygen atoms in total. The summed E-state index contributed by atoms with van der Waals surface area (Å²) in [6.07, 6.45) is 2.44.